The molecule has 0 atom stereocenters. The molecule has 0 spiro atoms. The third-order valence-electron chi connectivity index (χ3n) is 4.06. The lowest BCUT2D eigenvalue weighted by Gasteiger charge is -2.45. The van der Waals surface area contributed by atoms with E-state index in [0.29, 0.717) is 26.2 Å². The highest BCUT2D eigenvalue weighted by Crippen LogP contribution is 2.19. The number of aliphatic hydroxyl groups excluding tert-OH is 2. The van der Waals surface area contributed by atoms with Gasteiger partial charge in [0, 0.05) is 37.9 Å². The number of hydrogen-bond donors (Lipinski definition) is 3. The predicted octanol–water partition coefficient (Wildman–Crippen LogP) is 0.806. The Bertz CT molecular complexity index is 509. The van der Waals surface area contributed by atoms with Crippen molar-refractivity contribution in [1.29, 1.82) is 0 Å². The highest BCUT2D eigenvalue weighted by molar-refractivity contribution is 5.90. The summed E-state index contributed by atoms with van der Waals surface area (Å²) >= 11 is 0. The molecule has 1 aliphatic rings. The third kappa shape index (κ3) is 3.97. The van der Waals surface area contributed by atoms with Crippen LogP contribution in [-0.4, -0.2) is 71.5 Å². The molecule has 6 heteroatoms. The predicted molar refractivity (Wildman–Crippen MR) is 86.0 cm³/mol. The number of benzene rings is 1. The number of rotatable bonds is 6. The molecule has 1 saturated heterocycles. The van der Waals surface area contributed by atoms with Crippen molar-refractivity contribution in [2.45, 2.75) is 19.9 Å². The van der Waals surface area contributed by atoms with Crippen molar-refractivity contribution in [2.75, 3.05) is 44.7 Å². The number of hydrogen-bond acceptors (Lipinski definition) is 4. The monoisotopic (exact) mass is 307 g/mol. The van der Waals surface area contributed by atoms with Crippen LogP contribution in [0.4, 0.5) is 10.5 Å². The van der Waals surface area contributed by atoms with Crippen LogP contribution in [0.2, 0.25) is 0 Å². The number of carbonyl (C=O) groups excluding carboxylic acids is 1. The molecule has 0 unspecified atom stereocenters. The second-order valence-corrected chi connectivity index (χ2v) is 5.79. The second kappa shape index (κ2) is 7.58. The van der Waals surface area contributed by atoms with Crippen LogP contribution < -0.4 is 5.32 Å². The largest absolute Gasteiger partial charge is 0.395 e. The lowest BCUT2D eigenvalue weighted by molar-refractivity contribution is 0.0393. The maximum atomic E-state index is 12.2. The highest BCUT2D eigenvalue weighted by atomic mass is 16.3. The van der Waals surface area contributed by atoms with Gasteiger partial charge in [-0.25, -0.2) is 4.79 Å². The first-order valence-corrected chi connectivity index (χ1v) is 7.64. The van der Waals surface area contributed by atoms with Gasteiger partial charge in [0.15, 0.2) is 0 Å². The topological polar surface area (TPSA) is 76.0 Å². The first kappa shape index (κ1) is 16.7. The summed E-state index contributed by atoms with van der Waals surface area (Å²) in [5.41, 5.74) is 3.05. The number of likely N-dealkylation sites (tertiary alicyclic amines) is 1. The van der Waals surface area contributed by atoms with Crippen molar-refractivity contribution in [3.8, 4) is 0 Å². The Labute approximate surface area is 131 Å². The van der Waals surface area contributed by atoms with Crippen molar-refractivity contribution in [3.63, 3.8) is 0 Å². The Morgan fingerprint density at radius 2 is 1.91 bits per heavy atom. The van der Waals surface area contributed by atoms with E-state index in [1.165, 1.54) is 5.56 Å². The highest BCUT2D eigenvalue weighted by Gasteiger charge is 2.34. The third-order valence-corrected chi connectivity index (χ3v) is 4.06. The van der Waals surface area contributed by atoms with Crippen LogP contribution in [0, 0.1) is 13.8 Å². The number of urea groups is 1. The van der Waals surface area contributed by atoms with Gasteiger partial charge >= 0.3 is 6.03 Å². The number of carbonyl (C=O) groups is 1. The normalized spacial score (nSPS) is 15.0. The molecule has 0 aliphatic carbocycles. The van der Waals surface area contributed by atoms with E-state index in [4.69, 9.17) is 10.2 Å². The summed E-state index contributed by atoms with van der Waals surface area (Å²) in [5.74, 6) is 0. The smallest absolute Gasteiger partial charge is 0.321 e. The minimum atomic E-state index is -0.101. The minimum Gasteiger partial charge on any atom is -0.395 e. The van der Waals surface area contributed by atoms with Crippen LogP contribution in [0.15, 0.2) is 18.2 Å². The zero-order valence-corrected chi connectivity index (χ0v) is 13.2. The number of nitrogens with one attached hydrogen (secondary N) is 1. The lowest BCUT2D eigenvalue weighted by atomic mass is 10.1. The average Bonchev–Trinajstić information content (AvgIpc) is 2.41. The van der Waals surface area contributed by atoms with E-state index in [0.717, 1.165) is 11.3 Å². The molecule has 22 heavy (non-hydrogen) atoms. The summed E-state index contributed by atoms with van der Waals surface area (Å²) in [6, 6.07) is 6.05. The van der Waals surface area contributed by atoms with Crippen LogP contribution in [-0.2, 0) is 0 Å². The van der Waals surface area contributed by atoms with E-state index in [2.05, 4.69) is 5.32 Å². The molecule has 2 rings (SSSR count). The fourth-order valence-corrected chi connectivity index (χ4v) is 2.73. The Morgan fingerprint density at radius 3 is 2.45 bits per heavy atom. The number of amides is 2. The van der Waals surface area contributed by atoms with Gasteiger partial charge in [-0.05, 0) is 25.5 Å². The molecule has 0 radical (unpaired) electrons. The van der Waals surface area contributed by atoms with Crippen LogP contribution in [0.3, 0.4) is 0 Å². The van der Waals surface area contributed by atoms with Gasteiger partial charge in [0.2, 0.25) is 0 Å². The Morgan fingerprint density at radius 1 is 1.27 bits per heavy atom. The fraction of sp³-hybridized carbons (Fsp3) is 0.562. The van der Waals surface area contributed by atoms with Crippen LogP contribution in [0.1, 0.15) is 11.1 Å². The van der Waals surface area contributed by atoms with Gasteiger partial charge in [-0.2, -0.15) is 0 Å². The summed E-state index contributed by atoms with van der Waals surface area (Å²) in [6.45, 7) is 6.42. The first-order valence-electron chi connectivity index (χ1n) is 7.64. The molecule has 1 aromatic rings. The molecule has 2 amide bonds. The van der Waals surface area contributed by atoms with Crippen molar-refractivity contribution in [1.82, 2.24) is 9.80 Å². The van der Waals surface area contributed by atoms with Crippen molar-refractivity contribution in [2.24, 2.45) is 0 Å². The number of nitrogens with zero attached hydrogens (tertiary/aromatic N) is 2. The quantitative estimate of drug-likeness (QED) is 0.727. The van der Waals surface area contributed by atoms with E-state index in [1.54, 1.807) is 4.90 Å². The number of aryl methyl sites for hydroxylation is 2. The standard InChI is InChI=1S/C16H25N3O3/c1-12-3-4-15(13(2)9-12)17-16(22)19-10-14(11-19)18(5-7-20)6-8-21/h3-4,9,14,20-21H,5-8,10-11H2,1-2H3,(H,17,22). The van der Waals surface area contributed by atoms with Gasteiger partial charge in [-0.3, -0.25) is 4.90 Å². The van der Waals surface area contributed by atoms with E-state index in [1.807, 2.05) is 36.9 Å². The van der Waals surface area contributed by atoms with Gasteiger partial charge < -0.3 is 20.4 Å². The zero-order chi connectivity index (χ0) is 16.1. The molecular formula is C16H25N3O3. The molecule has 1 aromatic carbocycles. The summed E-state index contributed by atoms with van der Waals surface area (Å²) in [4.78, 5) is 16.0. The van der Waals surface area contributed by atoms with Gasteiger partial charge in [0.25, 0.3) is 0 Å². The molecule has 0 bridgehead atoms. The fourth-order valence-electron chi connectivity index (χ4n) is 2.73. The Hall–Kier alpha value is -1.63. The molecule has 0 aromatic heterocycles. The molecule has 1 fully saturated rings. The number of anilines is 1. The minimum absolute atomic E-state index is 0.0608. The van der Waals surface area contributed by atoms with E-state index < -0.39 is 0 Å². The van der Waals surface area contributed by atoms with E-state index >= 15 is 0 Å². The molecule has 1 aliphatic heterocycles. The molecule has 6 nitrogen and oxygen atoms in total. The molecule has 0 saturated carbocycles. The van der Waals surface area contributed by atoms with E-state index in [-0.39, 0.29) is 25.3 Å². The Kier molecular flexibility index (Phi) is 5.76. The maximum absolute atomic E-state index is 12.2. The molecule has 3 N–H and O–H groups in total. The van der Waals surface area contributed by atoms with Crippen LogP contribution in [0.5, 0.6) is 0 Å². The summed E-state index contributed by atoms with van der Waals surface area (Å²) in [7, 11) is 0. The lowest BCUT2D eigenvalue weighted by Crippen LogP contribution is -2.62. The molecule has 1 heterocycles. The average molecular weight is 307 g/mol. The SMILES string of the molecule is Cc1ccc(NC(=O)N2CC(N(CCO)CCO)C2)c(C)c1. The summed E-state index contributed by atoms with van der Waals surface area (Å²) in [6.07, 6.45) is 0. The van der Waals surface area contributed by atoms with Crippen LogP contribution in [0.25, 0.3) is 0 Å². The summed E-state index contributed by atoms with van der Waals surface area (Å²) in [5, 5.41) is 21.0. The van der Waals surface area contributed by atoms with Crippen molar-refractivity contribution >= 4 is 11.7 Å². The Balaban J connectivity index is 1.86. The van der Waals surface area contributed by atoms with Gasteiger partial charge in [0.05, 0.1) is 13.2 Å². The second-order valence-electron chi connectivity index (χ2n) is 5.79. The van der Waals surface area contributed by atoms with E-state index in [9.17, 15) is 4.79 Å². The first-order chi connectivity index (χ1) is 10.5. The molecular weight excluding hydrogens is 282 g/mol. The zero-order valence-electron chi connectivity index (χ0n) is 13.2. The van der Waals surface area contributed by atoms with Gasteiger partial charge in [-0.1, -0.05) is 17.7 Å². The van der Waals surface area contributed by atoms with Crippen molar-refractivity contribution < 1.29 is 15.0 Å². The summed E-state index contributed by atoms with van der Waals surface area (Å²) < 4.78 is 0. The maximum Gasteiger partial charge on any atom is 0.321 e. The van der Waals surface area contributed by atoms with Crippen molar-refractivity contribution in [3.05, 3.63) is 29.3 Å². The molecule has 122 valence electrons. The number of aliphatic hydroxyl groups is 2. The van der Waals surface area contributed by atoms with Crippen LogP contribution >= 0.6 is 0 Å². The van der Waals surface area contributed by atoms with Gasteiger partial charge in [-0.15, -0.1) is 0 Å². The van der Waals surface area contributed by atoms with Gasteiger partial charge in [0.1, 0.15) is 0 Å².